The van der Waals surface area contributed by atoms with Gasteiger partial charge < -0.3 is 16.0 Å². The Hall–Kier alpha value is -1.75. The highest BCUT2D eigenvalue weighted by Gasteiger charge is 2.35. The van der Waals surface area contributed by atoms with Gasteiger partial charge in [-0.1, -0.05) is 23.7 Å². The molecule has 0 spiro atoms. The van der Waals surface area contributed by atoms with Gasteiger partial charge in [-0.25, -0.2) is 4.79 Å². The highest BCUT2D eigenvalue weighted by atomic mass is 35.5. The van der Waals surface area contributed by atoms with Crippen molar-refractivity contribution in [1.82, 2.24) is 10.2 Å². The van der Waals surface area contributed by atoms with E-state index in [2.05, 4.69) is 5.32 Å². The summed E-state index contributed by atoms with van der Waals surface area (Å²) in [6, 6.07) is 7.65. The summed E-state index contributed by atoms with van der Waals surface area (Å²) in [4.78, 5) is 25.5. The van der Waals surface area contributed by atoms with Gasteiger partial charge in [-0.3, -0.25) is 4.79 Å². The number of carbonyl (C=O) groups is 2. The third-order valence-electron chi connectivity index (χ3n) is 4.79. The van der Waals surface area contributed by atoms with E-state index in [1.807, 2.05) is 24.3 Å². The maximum absolute atomic E-state index is 12.5. The Morgan fingerprint density at radius 1 is 1.13 bits per heavy atom. The van der Waals surface area contributed by atoms with Crippen LogP contribution >= 0.6 is 11.6 Å². The molecule has 6 heteroatoms. The molecule has 124 valence electrons. The van der Waals surface area contributed by atoms with E-state index in [-0.39, 0.29) is 23.9 Å². The predicted molar refractivity (Wildman–Crippen MR) is 88.9 cm³/mol. The molecule has 1 aliphatic carbocycles. The summed E-state index contributed by atoms with van der Waals surface area (Å²) in [5.41, 5.74) is 6.43. The van der Waals surface area contributed by atoms with E-state index in [1.165, 1.54) is 0 Å². The SMILES string of the molecule is NC(=O)C1CCN(C(=O)NC(c2ccc(Cl)cc2)C2CC2)CC1. The lowest BCUT2D eigenvalue weighted by molar-refractivity contribution is -0.123. The third-order valence-corrected chi connectivity index (χ3v) is 5.04. The molecule has 1 heterocycles. The van der Waals surface area contributed by atoms with Gasteiger partial charge in [0.25, 0.3) is 0 Å². The molecule has 1 aromatic rings. The van der Waals surface area contributed by atoms with Crippen LogP contribution in [0.15, 0.2) is 24.3 Å². The summed E-state index contributed by atoms with van der Waals surface area (Å²) in [5.74, 6) is 0.139. The Bertz CT molecular complexity index is 578. The van der Waals surface area contributed by atoms with Crippen LogP contribution in [0.25, 0.3) is 0 Å². The van der Waals surface area contributed by atoms with E-state index in [0.29, 0.717) is 36.9 Å². The standard InChI is InChI=1S/C17H22ClN3O2/c18-14-5-3-12(4-6-14)15(11-1-2-11)20-17(23)21-9-7-13(8-10-21)16(19)22/h3-6,11,13,15H,1-2,7-10H2,(H2,19,22)(H,20,23). The van der Waals surface area contributed by atoms with Crippen molar-refractivity contribution in [2.24, 2.45) is 17.6 Å². The summed E-state index contributed by atoms with van der Waals surface area (Å²) in [5, 5.41) is 3.85. The van der Waals surface area contributed by atoms with Crippen LogP contribution in [0.1, 0.15) is 37.3 Å². The molecule has 1 saturated heterocycles. The van der Waals surface area contributed by atoms with E-state index >= 15 is 0 Å². The smallest absolute Gasteiger partial charge is 0.317 e. The second-order valence-electron chi connectivity index (χ2n) is 6.48. The number of amides is 3. The van der Waals surface area contributed by atoms with Crippen LogP contribution < -0.4 is 11.1 Å². The molecule has 1 unspecified atom stereocenters. The number of hydrogen-bond donors (Lipinski definition) is 2. The molecule has 1 atom stereocenters. The van der Waals surface area contributed by atoms with Crippen molar-refractivity contribution in [3.63, 3.8) is 0 Å². The summed E-state index contributed by atoms with van der Waals surface area (Å²) in [6.07, 6.45) is 3.57. The van der Waals surface area contributed by atoms with E-state index in [0.717, 1.165) is 18.4 Å². The molecule has 0 radical (unpaired) electrons. The molecule has 1 aromatic carbocycles. The number of hydrogen-bond acceptors (Lipinski definition) is 2. The fourth-order valence-electron chi connectivity index (χ4n) is 3.16. The molecule has 3 rings (SSSR count). The highest BCUT2D eigenvalue weighted by Crippen LogP contribution is 2.41. The predicted octanol–water partition coefficient (Wildman–Crippen LogP) is 2.70. The van der Waals surface area contributed by atoms with Crippen LogP contribution in [-0.4, -0.2) is 29.9 Å². The average molecular weight is 336 g/mol. The topological polar surface area (TPSA) is 75.4 Å². The zero-order valence-corrected chi connectivity index (χ0v) is 13.8. The number of piperidine rings is 1. The molecule has 2 aliphatic rings. The van der Waals surface area contributed by atoms with Crippen LogP contribution in [-0.2, 0) is 4.79 Å². The van der Waals surface area contributed by atoms with Gasteiger partial charge >= 0.3 is 6.03 Å². The lowest BCUT2D eigenvalue weighted by Gasteiger charge is -2.32. The summed E-state index contributed by atoms with van der Waals surface area (Å²) in [6.45, 7) is 1.16. The normalized spacial score (nSPS) is 20.1. The zero-order chi connectivity index (χ0) is 16.4. The van der Waals surface area contributed by atoms with Crippen LogP contribution in [0.4, 0.5) is 4.79 Å². The Morgan fingerprint density at radius 2 is 1.74 bits per heavy atom. The highest BCUT2D eigenvalue weighted by molar-refractivity contribution is 6.30. The second-order valence-corrected chi connectivity index (χ2v) is 6.92. The number of nitrogens with zero attached hydrogens (tertiary/aromatic N) is 1. The minimum atomic E-state index is -0.262. The van der Waals surface area contributed by atoms with Gasteiger partial charge in [0.1, 0.15) is 0 Å². The number of rotatable bonds is 4. The maximum Gasteiger partial charge on any atom is 0.317 e. The quantitative estimate of drug-likeness (QED) is 0.887. The molecular formula is C17H22ClN3O2. The third kappa shape index (κ3) is 3.96. The number of halogens is 1. The Morgan fingerprint density at radius 3 is 2.26 bits per heavy atom. The van der Waals surface area contributed by atoms with Gasteiger partial charge in [-0.2, -0.15) is 0 Å². The van der Waals surface area contributed by atoms with Crippen molar-refractivity contribution in [1.29, 1.82) is 0 Å². The number of carbonyl (C=O) groups excluding carboxylic acids is 2. The number of primary amides is 1. The van der Waals surface area contributed by atoms with Crippen molar-refractivity contribution in [3.05, 3.63) is 34.9 Å². The molecule has 1 saturated carbocycles. The van der Waals surface area contributed by atoms with Gasteiger partial charge in [-0.05, 0) is 49.3 Å². The monoisotopic (exact) mass is 335 g/mol. The van der Waals surface area contributed by atoms with Crippen LogP contribution in [0.2, 0.25) is 5.02 Å². The summed E-state index contributed by atoms with van der Waals surface area (Å²) < 4.78 is 0. The minimum absolute atomic E-state index is 0.0358. The van der Waals surface area contributed by atoms with Crippen molar-refractivity contribution >= 4 is 23.5 Å². The molecule has 3 N–H and O–H groups in total. The summed E-state index contributed by atoms with van der Waals surface area (Å²) in [7, 11) is 0. The fourth-order valence-corrected chi connectivity index (χ4v) is 3.29. The van der Waals surface area contributed by atoms with Gasteiger partial charge in [0.05, 0.1) is 6.04 Å². The van der Waals surface area contributed by atoms with Crippen LogP contribution in [0, 0.1) is 11.8 Å². The van der Waals surface area contributed by atoms with E-state index in [1.54, 1.807) is 4.90 Å². The maximum atomic E-state index is 12.5. The number of nitrogens with two attached hydrogens (primary N) is 1. The minimum Gasteiger partial charge on any atom is -0.369 e. The molecule has 5 nitrogen and oxygen atoms in total. The fraction of sp³-hybridized carbons (Fsp3) is 0.529. The Labute approximate surface area is 141 Å². The molecule has 3 amide bonds. The number of benzene rings is 1. The van der Waals surface area contributed by atoms with Gasteiger partial charge in [0.2, 0.25) is 5.91 Å². The number of urea groups is 1. The lowest BCUT2D eigenvalue weighted by Crippen LogP contribution is -2.47. The van der Waals surface area contributed by atoms with E-state index in [4.69, 9.17) is 17.3 Å². The first-order valence-corrected chi connectivity index (χ1v) is 8.52. The molecular weight excluding hydrogens is 314 g/mol. The number of nitrogens with one attached hydrogen (secondary N) is 1. The second kappa shape index (κ2) is 6.79. The molecule has 23 heavy (non-hydrogen) atoms. The average Bonchev–Trinajstić information content (AvgIpc) is 3.38. The Kier molecular flexibility index (Phi) is 4.76. The van der Waals surface area contributed by atoms with Crippen LogP contribution in [0.5, 0.6) is 0 Å². The first-order valence-electron chi connectivity index (χ1n) is 8.15. The van der Waals surface area contributed by atoms with Gasteiger partial charge in [0, 0.05) is 24.0 Å². The van der Waals surface area contributed by atoms with E-state index in [9.17, 15) is 9.59 Å². The zero-order valence-electron chi connectivity index (χ0n) is 13.0. The summed E-state index contributed by atoms with van der Waals surface area (Å²) >= 11 is 5.94. The number of likely N-dealkylation sites (tertiary alicyclic amines) is 1. The largest absolute Gasteiger partial charge is 0.369 e. The molecule has 1 aliphatic heterocycles. The van der Waals surface area contributed by atoms with Crippen molar-refractivity contribution in [2.45, 2.75) is 31.7 Å². The van der Waals surface area contributed by atoms with Gasteiger partial charge in [0.15, 0.2) is 0 Å². The Balaban J connectivity index is 1.61. The first kappa shape index (κ1) is 16.1. The molecule has 0 aromatic heterocycles. The van der Waals surface area contributed by atoms with Crippen molar-refractivity contribution in [3.8, 4) is 0 Å². The lowest BCUT2D eigenvalue weighted by atomic mass is 9.96. The first-order chi connectivity index (χ1) is 11.0. The van der Waals surface area contributed by atoms with Crippen LogP contribution in [0.3, 0.4) is 0 Å². The van der Waals surface area contributed by atoms with Gasteiger partial charge in [-0.15, -0.1) is 0 Å². The van der Waals surface area contributed by atoms with E-state index < -0.39 is 0 Å². The van der Waals surface area contributed by atoms with Crippen molar-refractivity contribution in [2.75, 3.05) is 13.1 Å². The molecule has 2 fully saturated rings. The molecule has 0 bridgehead atoms. The van der Waals surface area contributed by atoms with Crippen molar-refractivity contribution < 1.29 is 9.59 Å².